The smallest absolute Gasteiger partial charge is 0.140 e. The van der Waals surface area contributed by atoms with Crippen molar-refractivity contribution in [2.45, 2.75) is 12.6 Å². The Bertz CT molecular complexity index is 853. The van der Waals surface area contributed by atoms with Crippen molar-refractivity contribution in [2.75, 3.05) is 12.4 Å². The SMILES string of the molecule is COc1ccc(NC(C#N)c2ccc(OCc3ccccc3)cc2)cc1. The van der Waals surface area contributed by atoms with Crippen LogP contribution in [0.25, 0.3) is 0 Å². The molecule has 3 aromatic carbocycles. The summed E-state index contributed by atoms with van der Waals surface area (Å²) in [5.41, 5.74) is 2.87. The number of nitrogens with one attached hydrogen (secondary N) is 1. The summed E-state index contributed by atoms with van der Waals surface area (Å²) in [5, 5.41) is 12.7. The molecule has 0 heterocycles. The van der Waals surface area contributed by atoms with Crippen LogP contribution in [0, 0.1) is 11.3 Å². The summed E-state index contributed by atoms with van der Waals surface area (Å²) in [6.45, 7) is 0.520. The maximum Gasteiger partial charge on any atom is 0.140 e. The zero-order valence-electron chi connectivity index (χ0n) is 14.6. The molecule has 4 nitrogen and oxygen atoms in total. The van der Waals surface area contributed by atoms with E-state index in [4.69, 9.17) is 9.47 Å². The third kappa shape index (κ3) is 4.55. The Hall–Kier alpha value is -3.45. The molecule has 0 aliphatic heterocycles. The van der Waals surface area contributed by atoms with E-state index in [-0.39, 0.29) is 0 Å². The van der Waals surface area contributed by atoms with Gasteiger partial charge in [0.2, 0.25) is 0 Å². The zero-order chi connectivity index (χ0) is 18.2. The number of benzene rings is 3. The van der Waals surface area contributed by atoms with Crippen molar-refractivity contribution in [3.63, 3.8) is 0 Å². The van der Waals surface area contributed by atoms with E-state index in [0.717, 1.165) is 28.3 Å². The normalized spacial score (nSPS) is 11.2. The van der Waals surface area contributed by atoms with Gasteiger partial charge >= 0.3 is 0 Å². The molecule has 3 rings (SSSR count). The standard InChI is InChI=1S/C22H20N2O2/c1-25-20-13-9-19(10-14-20)24-22(15-23)18-7-11-21(12-8-18)26-16-17-5-3-2-4-6-17/h2-14,22,24H,16H2,1H3. The lowest BCUT2D eigenvalue weighted by Crippen LogP contribution is -2.08. The molecule has 3 aromatic rings. The van der Waals surface area contributed by atoms with Crippen LogP contribution >= 0.6 is 0 Å². The van der Waals surface area contributed by atoms with E-state index < -0.39 is 6.04 Å². The highest BCUT2D eigenvalue weighted by Crippen LogP contribution is 2.23. The summed E-state index contributed by atoms with van der Waals surface area (Å²) in [4.78, 5) is 0. The Labute approximate surface area is 153 Å². The fourth-order valence-electron chi connectivity index (χ4n) is 2.54. The molecule has 0 saturated carbocycles. The van der Waals surface area contributed by atoms with Gasteiger partial charge in [0.25, 0.3) is 0 Å². The van der Waals surface area contributed by atoms with Crippen LogP contribution in [0.2, 0.25) is 0 Å². The first-order chi connectivity index (χ1) is 12.8. The molecule has 0 radical (unpaired) electrons. The number of hydrogen-bond acceptors (Lipinski definition) is 4. The molecule has 26 heavy (non-hydrogen) atoms. The van der Waals surface area contributed by atoms with Crippen LogP contribution in [-0.2, 0) is 6.61 Å². The number of nitriles is 1. The van der Waals surface area contributed by atoms with Crippen LogP contribution in [0.1, 0.15) is 17.2 Å². The fraction of sp³-hybridized carbons (Fsp3) is 0.136. The molecule has 1 atom stereocenters. The second-order valence-corrected chi connectivity index (χ2v) is 5.78. The van der Waals surface area contributed by atoms with Gasteiger partial charge in [0, 0.05) is 5.69 Å². The van der Waals surface area contributed by atoms with Crippen molar-refractivity contribution in [1.82, 2.24) is 0 Å². The second kappa shape index (κ2) is 8.59. The number of rotatable bonds is 7. The van der Waals surface area contributed by atoms with Crippen LogP contribution in [-0.4, -0.2) is 7.11 Å². The third-order valence-electron chi connectivity index (χ3n) is 3.99. The molecule has 1 unspecified atom stereocenters. The summed E-state index contributed by atoms with van der Waals surface area (Å²) >= 11 is 0. The molecular weight excluding hydrogens is 324 g/mol. The number of anilines is 1. The van der Waals surface area contributed by atoms with Crippen LogP contribution < -0.4 is 14.8 Å². The number of hydrogen-bond donors (Lipinski definition) is 1. The predicted octanol–water partition coefficient (Wildman–Crippen LogP) is 4.95. The van der Waals surface area contributed by atoms with Crippen molar-refractivity contribution in [3.05, 3.63) is 90.0 Å². The average molecular weight is 344 g/mol. The van der Waals surface area contributed by atoms with E-state index in [1.165, 1.54) is 0 Å². The minimum atomic E-state index is -0.438. The Morgan fingerprint density at radius 2 is 1.54 bits per heavy atom. The molecule has 0 saturated heterocycles. The summed E-state index contributed by atoms with van der Waals surface area (Å²) in [5.74, 6) is 1.56. The molecule has 0 amide bonds. The largest absolute Gasteiger partial charge is 0.497 e. The monoisotopic (exact) mass is 344 g/mol. The van der Waals surface area contributed by atoms with Gasteiger partial charge in [-0.25, -0.2) is 0 Å². The molecule has 0 spiro atoms. The van der Waals surface area contributed by atoms with Crippen molar-refractivity contribution in [1.29, 1.82) is 5.26 Å². The van der Waals surface area contributed by atoms with Crippen LogP contribution in [0.15, 0.2) is 78.9 Å². The molecule has 0 aliphatic carbocycles. The minimum Gasteiger partial charge on any atom is -0.497 e. The molecule has 0 bridgehead atoms. The van der Waals surface area contributed by atoms with E-state index >= 15 is 0 Å². The van der Waals surface area contributed by atoms with Gasteiger partial charge in [-0.2, -0.15) is 5.26 Å². The fourth-order valence-corrected chi connectivity index (χ4v) is 2.54. The second-order valence-electron chi connectivity index (χ2n) is 5.78. The average Bonchev–Trinajstić information content (AvgIpc) is 2.72. The Morgan fingerprint density at radius 1 is 0.885 bits per heavy atom. The van der Waals surface area contributed by atoms with E-state index in [9.17, 15) is 5.26 Å². The highest BCUT2D eigenvalue weighted by Gasteiger charge is 2.10. The first-order valence-corrected chi connectivity index (χ1v) is 8.35. The number of methoxy groups -OCH3 is 1. The third-order valence-corrected chi connectivity index (χ3v) is 3.99. The van der Waals surface area contributed by atoms with Crippen molar-refractivity contribution in [2.24, 2.45) is 0 Å². The quantitative estimate of drug-likeness (QED) is 0.659. The summed E-state index contributed by atoms with van der Waals surface area (Å²) < 4.78 is 10.9. The first kappa shape index (κ1) is 17.4. The maximum atomic E-state index is 9.49. The van der Waals surface area contributed by atoms with Crippen molar-refractivity contribution in [3.8, 4) is 17.6 Å². The van der Waals surface area contributed by atoms with Gasteiger partial charge < -0.3 is 14.8 Å². The molecule has 1 N–H and O–H groups in total. The maximum absolute atomic E-state index is 9.49. The zero-order valence-corrected chi connectivity index (χ0v) is 14.6. The van der Waals surface area contributed by atoms with Crippen molar-refractivity contribution >= 4 is 5.69 Å². The van der Waals surface area contributed by atoms with Gasteiger partial charge in [0.1, 0.15) is 24.1 Å². The highest BCUT2D eigenvalue weighted by atomic mass is 16.5. The van der Waals surface area contributed by atoms with Gasteiger partial charge in [-0.05, 0) is 47.5 Å². The highest BCUT2D eigenvalue weighted by molar-refractivity contribution is 5.50. The van der Waals surface area contributed by atoms with E-state index in [0.29, 0.717) is 6.61 Å². The Balaban J connectivity index is 1.62. The lowest BCUT2D eigenvalue weighted by Gasteiger charge is -2.14. The van der Waals surface area contributed by atoms with E-state index in [1.807, 2.05) is 78.9 Å². The number of ether oxygens (including phenoxy) is 2. The molecular formula is C22H20N2O2. The van der Waals surface area contributed by atoms with Crippen LogP contribution in [0.5, 0.6) is 11.5 Å². The molecule has 130 valence electrons. The minimum absolute atomic E-state index is 0.438. The van der Waals surface area contributed by atoms with Crippen LogP contribution in [0.4, 0.5) is 5.69 Å². The Kier molecular flexibility index (Phi) is 5.74. The topological polar surface area (TPSA) is 54.3 Å². The summed E-state index contributed by atoms with van der Waals surface area (Å²) in [6, 6.07) is 27.0. The molecule has 0 fully saturated rings. The lowest BCUT2D eigenvalue weighted by atomic mass is 10.1. The molecule has 4 heteroatoms. The molecule has 0 aliphatic rings. The predicted molar refractivity (Wildman–Crippen MR) is 102 cm³/mol. The van der Waals surface area contributed by atoms with Gasteiger partial charge in [-0.1, -0.05) is 42.5 Å². The summed E-state index contributed by atoms with van der Waals surface area (Å²) in [6.07, 6.45) is 0. The lowest BCUT2D eigenvalue weighted by molar-refractivity contribution is 0.306. The molecule has 0 aromatic heterocycles. The van der Waals surface area contributed by atoms with Crippen molar-refractivity contribution < 1.29 is 9.47 Å². The van der Waals surface area contributed by atoms with Gasteiger partial charge in [0.05, 0.1) is 13.2 Å². The van der Waals surface area contributed by atoms with Gasteiger partial charge in [-0.15, -0.1) is 0 Å². The summed E-state index contributed by atoms with van der Waals surface area (Å²) in [7, 11) is 1.63. The van der Waals surface area contributed by atoms with Gasteiger partial charge in [-0.3, -0.25) is 0 Å². The first-order valence-electron chi connectivity index (χ1n) is 8.35. The van der Waals surface area contributed by atoms with Gasteiger partial charge in [0.15, 0.2) is 0 Å². The number of nitrogens with zero attached hydrogens (tertiary/aromatic N) is 1. The van der Waals surface area contributed by atoms with E-state index in [2.05, 4.69) is 11.4 Å². The Morgan fingerprint density at radius 3 is 2.15 bits per heavy atom. The van der Waals surface area contributed by atoms with Crippen LogP contribution in [0.3, 0.4) is 0 Å². The van der Waals surface area contributed by atoms with E-state index in [1.54, 1.807) is 7.11 Å².